The van der Waals surface area contributed by atoms with E-state index < -0.39 is 0 Å². The summed E-state index contributed by atoms with van der Waals surface area (Å²) in [5.41, 5.74) is 9.20. The van der Waals surface area contributed by atoms with Gasteiger partial charge in [0.2, 0.25) is 5.95 Å². The van der Waals surface area contributed by atoms with Crippen molar-refractivity contribution in [1.82, 2.24) is 9.55 Å². The fourth-order valence-corrected chi connectivity index (χ4v) is 2.93. The molecule has 2 N–H and O–H groups in total. The number of halogens is 1. The lowest BCUT2D eigenvalue weighted by molar-refractivity contribution is 0.525. The van der Waals surface area contributed by atoms with E-state index in [-0.39, 0.29) is 6.04 Å². The number of nitrogens with zero attached hydrogens (tertiary/aromatic N) is 2. The molecule has 1 unspecified atom stereocenters. The first-order valence-electron chi connectivity index (χ1n) is 7.12. The minimum Gasteiger partial charge on any atom is -0.369 e. The summed E-state index contributed by atoms with van der Waals surface area (Å²) in [4.78, 5) is 4.40. The number of nitrogens with two attached hydrogens (primary N) is 1. The third-order valence-electron chi connectivity index (χ3n) is 3.83. The number of hydrogen-bond donors (Lipinski definition) is 1. The molecule has 1 heterocycles. The van der Waals surface area contributed by atoms with Crippen LogP contribution in [0.5, 0.6) is 0 Å². The van der Waals surface area contributed by atoms with Gasteiger partial charge in [-0.3, -0.25) is 0 Å². The second kappa shape index (κ2) is 5.78. The minimum absolute atomic E-state index is 0.272. The first-order valence-corrected chi connectivity index (χ1v) is 7.50. The van der Waals surface area contributed by atoms with Crippen LogP contribution in [0.25, 0.3) is 11.0 Å². The number of aryl methyl sites for hydroxylation is 1. The summed E-state index contributed by atoms with van der Waals surface area (Å²) >= 11 is 6.19. The van der Waals surface area contributed by atoms with Crippen molar-refractivity contribution in [3.8, 4) is 0 Å². The maximum absolute atomic E-state index is 6.19. The molecule has 21 heavy (non-hydrogen) atoms. The van der Waals surface area contributed by atoms with Gasteiger partial charge in [-0.05, 0) is 37.5 Å². The van der Waals surface area contributed by atoms with E-state index in [1.807, 2.05) is 24.3 Å². The molecule has 0 aliphatic carbocycles. The molecule has 4 heteroatoms. The van der Waals surface area contributed by atoms with Gasteiger partial charge in [0.05, 0.1) is 10.5 Å². The maximum Gasteiger partial charge on any atom is 0.201 e. The van der Waals surface area contributed by atoms with Crippen LogP contribution in [-0.4, -0.2) is 9.55 Å². The van der Waals surface area contributed by atoms with Crippen LogP contribution in [0.2, 0.25) is 5.02 Å². The molecule has 0 aliphatic heterocycles. The van der Waals surface area contributed by atoms with E-state index in [1.165, 1.54) is 5.56 Å². The molecule has 1 atom stereocenters. The molecule has 108 valence electrons. The molecular formula is C17H18ClN3. The molecule has 3 aromatic rings. The van der Waals surface area contributed by atoms with Crippen LogP contribution in [0.1, 0.15) is 24.9 Å². The number of fused-ring (bicyclic) bond motifs is 1. The summed E-state index contributed by atoms with van der Waals surface area (Å²) in [5, 5.41) is 0.646. The molecule has 1 aromatic heterocycles. The van der Waals surface area contributed by atoms with Gasteiger partial charge in [-0.25, -0.2) is 4.98 Å². The molecule has 0 fully saturated rings. The van der Waals surface area contributed by atoms with Gasteiger partial charge in [0.25, 0.3) is 0 Å². The number of imidazole rings is 1. The van der Waals surface area contributed by atoms with Crippen LogP contribution < -0.4 is 5.73 Å². The molecule has 0 bridgehead atoms. The van der Waals surface area contributed by atoms with Gasteiger partial charge < -0.3 is 10.3 Å². The Hall–Kier alpha value is -2.00. The first-order chi connectivity index (χ1) is 10.2. The highest BCUT2D eigenvalue weighted by Crippen LogP contribution is 2.29. The van der Waals surface area contributed by atoms with Crippen molar-refractivity contribution in [3.63, 3.8) is 0 Å². The van der Waals surface area contributed by atoms with Gasteiger partial charge in [-0.2, -0.15) is 0 Å². The quantitative estimate of drug-likeness (QED) is 0.772. The van der Waals surface area contributed by atoms with Crippen molar-refractivity contribution in [3.05, 3.63) is 59.1 Å². The predicted molar refractivity (Wildman–Crippen MR) is 88.6 cm³/mol. The van der Waals surface area contributed by atoms with Crippen LogP contribution >= 0.6 is 11.6 Å². The Labute approximate surface area is 129 Å². The lowest BCUT2D eigenvalue weighted by atomic mass is 10.1. The standard InChI is InChI=1S/C17H18ClN3/c1-12(10-11-13-6-3-2-4-7-13)21-15-9-5-8-14(18)16(15)20-17(21)19/h2-9,12H,10-11H2,1H3,(H2,19,20). The van der Waals surface area contributed by atoms with Crippen molar-refractivity contribution in [1.29, 1.82) is 0 Å². The van der Waals surface area contributed by atoms with Crippen LogP contribution in [0.15, 0.2) is 48.5 Å². The summed E-state index contributed by atoms with van der Waals surface area (Å²) in [6.45, 7) is 2.17. The summed E-state index contributed by atoms with van der Waals surface area (Å²) in [7, 11) is 0. The fraction of sp³-hybridized carbons (Fsp3) is 0.235. The average Bonchev–Trinajstić information content (AvgIpc) is 2.84. The van der Waals surface area contributed by atoms with E-state index in [0.29, 0.717) is 11.0 Å². The zero-order valence-corrected chi connectivity index (χ0v) is 12.7. The topological polar surface area (TPSA) is 43.8 Å². The minimum atomic E-state index is 0.272. The van der Waals surface area contributed by atoms with Crippen molar-refractivity contribution < 1.29 is 0 Å². The van der Waals surface area contributed by atoms with Crippen molar-refractivity contribution in [2.45, 2.75) is 25.8 Å². The number of nitrogen functional groups attached to an aromatic ring is 1. The Morgan fingerprint density at radius 1 is 1.14 bits per heavy atom. The van der Waals surface area contributed by atoms with E-state index in [9.17, 15) is 0 Å². The monoisotopic (exact) mass is 299 g/mol. The Morgan fingerprint density at radius 2 is 1.90 bits per heavy atom. The molecule has 3 rings (SSSR count). The fourth-order valence-electron chi connectivity index (χ4n) is 2.71. The molecule has 0 saturated carbocycles. The zero-order chi connectivity index (χ0) is 14.8. The van der Waals surface area contributed by atoms with Gasteiger partial charge in [0.15, 0.2) is 0 Å². The van der Waals surface area contributed by atoms with E-state index in [2.05, 4.69) is 40.7 Å². The summed E-state index contributed by atoms with van der Waals surface area (Å²) in [6.07, 6.45) is 2.02. The van der Waals surface area contributed by atoms with E-state index >= 15 is 0 Å². The highest BCUT2D eigenvalue weighted by atomic mass is 35.5. The number of para-hydroxylation sites is 1. The second-order valence-electron chi connectivity index (χ2n) is 5.32. The summed E-state index contributed by atoms with van der Waals surface area (Å²) in [5.74, 6) is 0.527. The number of aromatic nitrogens is 2. The van der Waals surface area contributed by atoms with Gasteiger partial charge in [-0.1, -0.05) is 48.0 Å². The number of hydrogen-bond acceptors (Lipinski definition) is 2. The maximum atomic E-state index is 6.19. The molecule has 0 radical (unpaired) electrons. The normalized spacial score (nSPS) is 12.7. The molecular weight excluding hydrogens is 282 g/mol. The largest absolute Gasteiger partial charge is 0.369 e. The SMILES string of the molecule is CC(CCc1ccccc1)n1c(N)nc2c(Cl)cccc21. The molecule has 0 amide bonds. The van der Waals surface area contributed by atoms with E-state index in [0.717, 1.165) is 23.9 Å². The van der Waals surface area contributed by atoms with Gasteiger partial charge in [0, 0.05) is 6.04 Å². The Kier molecular flexibility index (Phi) is 3.84. The molecule has 0 aliphatic rings. The van der Waals surface area contributed by atoms with Gasteiger partial charge in [0.1, 0.15) is 5.52 Å². The van der Waals surface area contributed by atoms with Crippen LogP contribution in [0.4, 0.5) is 5.95 Å². The second-order valence-corrected chi connectivity index (χ2v) is 5.73. The van der Waals surface area contributed by atoms with E-state index in [1.54, 1.807) is 0 Å². The van der Waals surface area contributed by atoms with Crippen molar-refractivity contribution in [2.75, 3.05) is 5.73 Å². The van der Waals surface area contributed by atoms with Crippen LogP contribution in [-0.2, 0) is 6.42 Å². The Balaban J connectivity index is 1.86. The van der Waals surface area contributed by atoms with Gasteiger partial charge in [-0.15, -0.1) is 0 Å². The summed E-state index contributed by atoms with van der Waals surface area (Å²) < 4.78 is 2.07. The smallest absolute Gasteiger partial charge is 0.201 e. The van der Waals surface area contributed by atoms with Crippen molar-refractivity contribution in [2.24, 2.45) is 0 Å². The molecule has 3 nitrogen and oxygen atoms in total. The van der Waals surface area contributed by atoms with Crippen LogP contribution in [0.3, 0.4) is 0 Å². The molecule has 0 saturated heterocycles. The van der Waals surface area contributed by atoms with Crippen molar-refractivity contribution >= 4 is 28.6 Å². The van der Waals surface area contributed by atoms with Gasteiger partial charge >= 0.3 is 0 Å². The molecule has 0 spiro atoms. The highest BCUT2D eigenvalue weighted by Gasteiger charge is 2.15. The first kappa shape index (κ1) is 14.0. The average molecular weight is 300 g/mol. The Morgan fingerprint density at radius 3 is 2.67 bits per heavy atom. The van der Waals surface area contributed by atoms with Crippen LogP contribution in [0, 0.1) is 0 Å². The number of benzene rings is 2. The highest BCUT2D eigenvalue weighted by molar-refractivity contribution is 6.35. The third-order valence-corrected chi connectivity index (χ3v) is 4.14. The third kappa shape index (κ3) is 2.74. The predicted octanol–water partition coefficient (Wildman–Crippen LogP) is 4.47. The summed E-state index contributed by atoms with van der Waals surface area (Å²) in [6, 6.07) is 16.6. The zero-order valence-electron chi connectivity index (χ0n) is 12.0. The lowest BCUT2D eigenvalue weighted by Crippen LogP contribution is -2.09. The Bertz CT molecular complexity index is 749. The lowest BCUT2D eigenvalue weighted by Gasteiger charge is -2.16. The number of rotatable bonds is 4. The van der Waals surface area contributed by atoms with E-state index in [4.69, 9.17) is 17.3 Å². The molecule has 2 aromatic carbocycles. The number of anilines is 1.